The molecule has 0 atom stereocenters. The van der Waals surface area contributed by atoms with Crippen molar-refractivity contribution in [1.29, 1.82) is 0 Å². The van der Waals surface area contributed by atoms with E-state index in [4.69, 9.17) is 23.7 Å². The van der Waals surface area contributed by atoms with Gasteiger partial charge < -0.3 is 23.7 Å². The molecule has 10 aromatic carbocycles. The van der Waals surface area contributed by atoms with Gasteiger partial charge >= 0.3 is 0 Å². The Morgan fingerprint density at radius 1 is 0.248 bits per heavy atom. The number of para-hydroxylation sites is 2. The van der Waals surface area contributed by atoms with Crippen molar-refractivity contribution in [2.24, 2.45) is 0 Å². The smallest absolute Gasteiger partial charge is 0.293 e. The van der Waals surface area contributed by atoms with Gasteiger partial charge in [-0.25, -0.2) is 0 Å². The Morgan fingerprint density at radius 2 is 0.600 bits per heavy atom. The zero-order valence-electron chi connectivity index (χ0n) is 60.9. The van der Waals surface area contributed by atoms with Crippen LogP contribution in [0.25, 0.3) is 111 Å². The molecule has 510 valence electrons. The van der Waals surface area contributed by atoms with Gasteiger partial charge in [0.25, 0.3) is 33.7 Å². The molecular weight excluding hydrogens is 1290 g/mol. The van der Waals surface area contributed by atoms with Crippen molar-refractivity contribution < 1.29 is 46.5 Å². The average molecular weight is 1370 g/mol. The van der Waals surface area contributed by atoms with Gasteiger partial charge in [-0.15, -0.1) is 0 Å². The van der Waals surface area contributed by atoms with Gasteiger partial charge in [-0.2, -0.15) is 22.8 Å². The number of ether oxygens (including phenoxy) is 5. The number of fused-ring (bicyclic) bond motifs is 9. The molecule has 105 heavy (non-hydrogen) atoms. The van der Waals surface area contributed by atoms with Crippen molar-refractivity contribution in [2.45, 2.75) is 130 Å². The fourth-order valence-corrected chi connectivity index (χ4v) is 19.7. The second-order valence-corrected chi connectivity index (χ2v) is 32.4. The second kappa shape index (κ2) is 21.7. The maximum atomic E-state index is 6.14. The second-order valence-electron chi connectivity index (χ2n) is 32.4. The largest absolute Gasteiger partial charge is 0.435 e. The molecule has 0 spiro atoms. The number of aromatic nitrogens is 5. The molecule has 10 heteroatoms. The van der Waals surface area contributed by atoms with Gasteiger partial charge in [-0.05, 0) is 123 Å². The lowest BCUT2D eigenvalue weighted by molar-refractivity contribution is -0.717. The molecule has 0 unspecified atom stereocenters. The van der Waals surface area contributed by atoms with Crippen LogP contribution in [0.5, 0.6) is 28.7 Å². The topological polar surface area (TPSA) is 65.5 Å². The molecular formula is C95H80N5O5+5. The summed E-state index contributed by atoms with van der Waals surface area (Å²) in [4.78, 5) is 0. The monoisotopic (exact) mass is 1370 g/mol. The number of rotatable bonds is 0. The number of nitrogens with zero attached hydrogens (tertiary/aromatic N) is 5. The molecule has 10 aliphatic rings. The molecule has 10 heterocycles. The predicted octanol–water partition coefficient (Wildman–Crippen LogP) is 18.9. The molecule has 0 radical (unpaired) electrons. The van der Waals surface area contributed by atoms with Crippen LogP contribution in [0.3, 0.4) is 0 Å². The molecule has 0 amide bonds. The van der Waals surface area contributed by atoms with E-state index in [0.29, 0.717) is 33.7 Å². The lowest BCUT2D eigenvalue weighted by atomic mass is 9.81. The summed E-state index contributed by atoms with van der Waals surface area (Å²) in [5, 5.41) is 9.05. The zero-order valence-corrected chi connectivity index (χ0v) is 60.9. The maximum absolute atomic E-state index is 6.14. The first-order chi connectivity index (χ1) is 50.9. The van der Waals surface area contributed by atoms with E-state index in [1.807, 2.05) is 0 Å². The first-order valence-corrected chi connectivity index (χ1v) is 37.0. The number of benzene rings is 10. The van der Waals surface area contributed by atoms with E-state index in [0.717, 1.165) is 28.7 Å². The van der Waals surface area contributed by atoms with Gasteiger partial charge in [0.05, 0.1) is 27.8 Å². The molecule has 25 rings (SSSR count). The van der Waals surface area contributed by atoms with Gasteiger partial charge in [0, 0.05) is 101 Å². The van der Waals surface area contributed by atoms with E-state index in [1.54, 1.807) is 0 Å². The van der Waals surface area contributed by atoms with Crippen molar-refractivity contribution in [3.63, 3.8) is 0 Å². The molecule has 0 saturated heterocycles. The van der Waals surface area contributed by atoms with Crippen molar-refractivity contribution in [2.75, 3.05) is 0 Å². The van der Waals surface area contributed by atoms with Gasteiger partial charge in [0.15, 0.2) is 12.4 Å². The lowest BCUT2D eigenvalue weighted by Crippen LogP contribution is -2.42. The quantitative estimate of drug-likeness (QED) is 0.112. The van der Waals surface area contributed by atoms with Gasteiger partial charge in [-0.3, -0.25) is 0 Å². The summed E-state index contributed by atoms with van der Waals surface area (Å²) < 4.78 is 41.5. The highest BCUT2D eigenvalue weighted by molar-refractivity contribution is 5.99. The molecule has 5 aliphatic heterocycles. The van der Waals surface area contributed by atoms with E-state index in [1.165, 1.54) is 166 Å². The first kappa shape index (κ1) is 61.9. The highest BCUT2D eigenvalue weighted by Gasteiger charge is 2.51. The Morgan fingerprint density at radius 3 is 1.09 bits per heavy atom. The zero-order chi connectivity index (χ0) is 70.9. The Bertz CT molecular complexity index is 6190. The van der Waals surface area contributed by atoms with Gasteiger partial charge in [0.2, 0.25) is 45.0 Å². The highest BCUT2D eigenvalue weighted by atomic mass is 16.5. The Labute approximate surface area is 610 Å². The summed E-state index contributed by atoms with van der Waals surface area (Å²) in [6.07, 6.45) is 4.31. The third-order valence-corrected chi connectivity index (χ3v) is 25.0. The summed E-state index contributed by atoms with van der Waals surface area (Å²) in [7, 11) is 0. The summed E-state index contributed by atoms with van der Waals surface area (Å²) >= 11 is 0. The van der Waals surface area contributed by atoms with Gasteiger partial charge in [-0.1, -0.05) is 197 Å². The van der Waals surface area contributed by atoms with Crippen LogP contribution >= 0.6 is 0 Å². The summed E-state index contributed by atoms with van der Waals surface area (Å²) in [5.74, 6) is 5.11. The summed E-state index contributed by atoms with van der Waals surface area (Å²) in [6, 6.07) is 82.6. The van der Waals surface area contributed by atoms with Crippen LogP contribution in [0.4, 0.5) is 0 Å². The molecule has 0 saturated carbocycles. The van der Waals surface area contributed by atoms with Crippen LogP contribution in [0.2, 0.25) is 0 Å². The van der Waals surface area contributed by atoms with E-state index in [-0.39, 0.29) is 27.1 Å². The van der Waals surface area contributed by atoms with E-state index in [9.17, 15) is 0 Å². The van der Waals surface area contributed by atoms with Crippen LogP contribution in [0.15, 0.2) is 243 Å². The number of hydrogen-bond donors (Lipinski definition) is 0. The van der Waals surface area contributed by atoms with Crippen molar-refractivity contribution in [3.05, 3.63) is 299 Å². The first-order valence-electron chi connectivity index (χ1n) is 37.0. The molecule has 0 fully saturated rings. The molecule has 0 bridgehead atoms. The molecule has 5 aliphatic carbocycles. The van der Waals surface area contributed by atoms with Gasteiger partial charge in [0.1, 0.15) is 28.7 Å². The molecule has 15 aromatic rings. The lowest BCUT2D eigenvalue weighted by Gasteiger charge is -2.21. The average Bonchev–Trinajstić information content (AvgIpc) is 1.62. The minimum atomic E-state index is -0.00401. The normalized spacial score (nSPS) is 16.7. The van der Waals surface area contributed by atoms with Crippen LogP contribution in [0.1, 0.15) is 125 Å². The summed E-state index contributed by atoms with van der Waals surface area (Å²) in [6.45, 7) is 26.1. The van der Waals surface area contributed by atoms with Crippen LogP contribution < -0.4 is 46.5 Å². The Kier molecular flexibility index (Phi) is 12.8. The summed E-state index contributed by atoms with van der Waals surface area (Å²) in [5.41, 5.74) is 31.0. The molecule has 10 nitrogen and oxygen atoms in total. The van der Waals surface area contributed by atoms with Crippen molar-refractivity contribution in [1.82, 2.24) is 0 Å². The fraction of sp³-hybridized carbons (Fsp3) is 0.211. The minimum Gasteiger partial charge on any atom is -0.435 e. The number of hydrogen-bond acceptors (Lipinski definition) is 5. The van der Waals surface area contributed by atoms with Crippen LogP contribution in [-0.2, 0) is 60.7 Å². The van der Waals surface area contributed by atoms with E-state index in [2.05, 4.69) is 335 Å². The third kappa shape index (κ3) is 8.50. The Balaban J connectivity index is 0.0000000850. The standard InChI is InChI=1S/C23H18NO.3C19H16NO.C15H14NO/c1-23(2)17-8-5-9-20-21(17)22-18(23)11-16-10-14-6-3-4-7-15(14)12-19(16)24(22)13-25-20;2*1-19(2)13-7-5-9-16-17(13)18-14(19)10-12-6-3-4-8-15(12)20(18)11-21-16;1-19(2)14-8-5-9-15-16(14)18-17(19)13-7-4-3-6-12(13)10-20(18)11-21-15;1-15(2)10-5-3-7-12-13(10)14-11(15)6-4-8-16(14)9-17-12/h3-12H,13H2,1-2H3;3*3-10H,11H2,1-2H3;3-8H,9H2,1-2H3/q5*+1. The number of pyridine rings is 5. The predicted molar refractivity (Wildman–Crippen MR) is 412 cm³/mol. The van der Waals surface area contributed by atoms with Crippen molar-refractivity contribution >= 4 is 54.3 Å². The molecule has 5 aromatic heterocycles. The van der Waals surface area contributed by atoms with Crippen molar-refractivity contribution in [3.8, 4) is 85.0 Å². The van der Waals surface area contributed by atoms with Crippen LogP contribution in [0, 0.1) is 0 Å². The van der Waals surface area contributed by atoms with E-state index < -0.39 is 0 Å². The third-order valence-electron chi connectivity index (χ3n) is 25.0. The van der Waals surface area contributed by atoms with E-state index >= 15 is 0 Å². The van der Waals surface area contributed by atoms with Crippen LogP contribution in [-0.4, -0.2) is 0 Å². The minimum absolute atomic E-state index is 0.00401. The highest BCUT2D eigenvalue weighted by Crippen LogP contribution is 2.58. The maximum Gasteiger partial charge on any atom is 0.293 e. The molecule has 0 N–H and O–H groups in total. The SMILES string of the molecule is CC1(C)c2cccc3c2-c2c1c1ccccc1c[n+]2CO3.CC1(C)c2cccc3c2-c2c1cc1cc4ccccc4cc1[n+]2CO3.CC1(C)c2cccc3c2-c2c1cc1ccccc1[n+]2CO3.CC1(C)c2cccc3c2-c2c1cc1ccccc1[n+]2CO3.CC1(C)c2cccc3c2-c2c1ccc[n+]2CO3. The Hall–Kier alpha value is -11.8. The fourth-order valence-electron chi connectivity index (χ4n) is 19.7.